The zero-order valence-electron chi connectivity index (χ0n) is 15.1. The number of anilines is 3. The molecule has 2 atom stereocenters. The molecule has 142 valence electrons. The van der Waals surface area contributed by atoms with Crippen molar-refractivity contribution in [3.8, 4) is 11.1 Å². The highest BCUT2D eigenvalue weighted by Gasteiger charge is 2.44. The van der Waals surface area contributed by atoms with Gasteiger partial charge in [-0.05, 0) is 42.3 Å². The summed E-state index contributed by atoms with van der Waals surface area (Å²) in [7, 11) is 0. The number of aromatic nitrogens is 2. The summed E-state index contributed by atoms with van der Waals surface area (Å²) in [6.45, 7) is 2.87. The van der Waals surface area contributed by atoms with Gasteiger partial charge in [0, 0.05) is 41.4 Å². The van der Waals surface area contributed by atoms with E-state index in [2.05, 4.69) is 20.6 Å². The predicted molar refractivity (Wildman–Crippen MR) is 105 cm³/mol. The Balaban J connectivity index is 1.68. The van der Waals surface area contributed by atoms with Gasteiger partial charge in [0.25, 0.3) is 0 Å². The van der Waals surface area contributed by atoms with E-state index in [-0.39, 0.29) is 11.5 Å². The van der Waals surface area contributed by atoms with Gasteiger partial charge in [-0.1, -0.05) is 0 Å². The molecule has 1 amide bonds. The Kier molecular flexibility index (Phi) is 3.46. The number of rotatable bonds is 2. The number of nitrogens with two attached hydrogens (primary N) is 1. The van der Waals surface area contributed by atoms with E-state index in [1.165, 1.54) is 12.3 Å². The second kappa shape index (κ2) is 5.79. The van der Waals surface area contributed by atoms with Gasteiger partial charge in [-0.2, -0.15) is 0 Å². The van der Waals surface area contributed by atoms with Crippen molar-refractivity contribution in [3.05, 3.63) is 41.6 Å². The molecule has 1 saturated carbocycles. The average molecular weight is 379 g/mol. The number of hydrogen-bond acceptors (Lipinski definition) is 5. The molecular weight excluding hydrogens is 361 g/mol. The summed E-state index contributed by atoms with van der Waals surface area (Å²) in [5, 5.41) is 15.6. The van der Waals surface area contributed by atoms with Crippen molar-refractivity contribution in [3.63, 3.8) is 0 Å². The molecule has 2 aromatic heterocycles. The van der Waals surface area contributed by atoms with Crippen LogP contribution in [-0.2, 0) is 0 Å². The summed E-state index contributed by atoms with van der Waals surface area (Å²) in [4.78, 5) is 19.5. The van der Waals surface area contributed by atoms with Gasteiger partial charge in [0.2, 0.25) is 0 Å². The van der Waals surface area contributed by atoms with Crippen LogP contribution < -0.4 is 16.4 Å². The SMILES string of the molecule is Cc1c(-c2cc3cc(NC(=O)O)ncc3c(N)c2F)cnc2c1NC[C@H]1C[C@@H]21. The van der Waals surface area contributed by atoms with Crippen LogP contribution in [0.1, 0.15) is 23.6 Å². The number of pyridine rings is 2. The van der Waals surface area contributed by atoms with Gasteiger partial charge >= 0.3 is 6.09 Å². The third-order valence-electron chi connectivity index (χ3n) is 5.71. The molecule has 0 spiro atoms. The molecule has 0 unspecified atom stereocenters. The molecule has 0 bridgehead atoms. The van der Waals surface area contributed by atoms with Crippen LogP contribution in [-0.4, -0.2) is 27.7 Å². The number of nitrogens with zero attached hydrogens (tertiary/aromatic N) is 2. The molecule has 3 heterocycles. The lowest BCUT2D eigenvalue weighted by Crippen LogP contribution is -2.15. The van der Waals surface area contributed by atoms with Gasteiger partial charge in [0.15, 0.2) is 5.82 Å². The lowest BCUT2D eigenvalue weighted by atomic mass is 9.95. The maximum atomic E-state index is 15.1. The van der Waals surface area contributed by atoms with E-state index < -0.39 is 11.9 Å². The quantitative estimate of drug-likeness (QED) is 0.502. The normalized spacial score (nSPS) is 19.5. The first-order chi connectivity index (χ1) is 13.4. The number of nitrogen functional groups attached to an aromatic ring is 1. The Bertz CT molecular complexity index is 1160. The highest BCUT2D eigenvalue weighted by molar-refractivity contribution is 5.99. The summed E-state index contributed by atoms with van der Waals surface area (Å²) < 4.78 is 15.1. The molecular formula is C20H18FN5O2. The maximum absolute atomic E-state index is 15.1. The van der Waals surface area contributed by atoms with Crippen molar-refractivity contribution in [2.75, 3.05) is 22.9 Å². The number of halogens is 1. The van der Waals surface area contributed by atoms with Crippen LogP contribution in [0.25, 0.3) is 21.9 Å². The van der Waals surface area contributed by atoms with Gasteiger partial charge in [0.1, 0.15) is 5.82 Å². The third kappa shape index (κ3) is 2.45. The molecule has 0 radical (unpaired) electrons. The van der Waals surface area contributed by atoms with Gasteiger partial charge in [0.05, 0.1) is 17.1 Å². The summed E-state index contributed by atoms with van der Waals surface area (Å²) in [5.74, 6) is 0.786. The largest absolute Gasteiger partial charge is 0.465 e. The third-order valence-corrected chi connectivity index (χ3v) is 5.71. The van der Waals surface area contributed by atoms with E-state index >= 15 is 4.39 Å². The first kappa shape index (κ1) is 16.7. The zero-order valence-corrected chi connectivity index (χ0v) is 15.1. The summed E-state index contributed by atoms with van der Waals surface area (Å²) >= 11 is 0. The first-order valence-corrected chi connectivity index (χ1v) is 9.05. The van der Waals surface area contributed by atoms with E-state index in [1.54, 1.807) is 12.3 Å². The average Bonchev–Trinajstić information content (AvgIpc) is 3.45. The Labute approximate surface area is 159 Å². The van der Waals surface area contributed by atoms with E-state index in [1.807, 2.05) is 6.92 Å². The molecule has 1 fully saturated rings. The molecule has 5 rings (SSSR count). The molecule has 8 heteroatoms. The van der Waals surface area contributed by atoms with Crippen molar-refractivity contribution in [2.45, 2.75) is 19.3 Å². The summed E-state index contributed by atoms with van der Waals surface area (Å²) in [5.41, 5.74) is 10.0. The van der Waals surface area contributed by atoms with Crippen molar-refractivity contribution in [1.82, 2.24) is 9.97 Å². The predicted octanol–water partition coefficient (Wildman–Crippen LogP) is 3.95. The minimum atomic E-state index is -1.22. The highest BCUT2D eigenvalue weighted by Crippen LogP contribution is 2.53. The fourth-order valence-electron chi connectivity index (χ4n) is 4.11. The minimum Gasteiger partial charge on any atom is -0.465 e. The van der Waals surface area contributed by atoms with Crippen LogP contribution in [0.4, 0.5) is 26.4 Å². The standard InChI is InChI=1S/C20H18FN5O2/c1-8-13(6-25-19-11-3-10(11)5-24-18(8)19)12-2-9-4-15(26-20(27)28)23-7-14(9)17(22)16(12)21/h2,4,6-7,10-11,24H,3,5,22H2,1H3,(H,23,26)(H,27,28)/t10-,11-/m1/s1. The number of nitrogens with one attached hydrogen (secondary N) is 2. The monoisotopic (exact) mass is 379 g/mol. The lowest BCUT2D eigenvalue weighted by Gasteiger charge is -2.21. The van der Waals surface area contributed by atoms with E-state index in [0.29, 0.717) is 33.7 Å². The molecule has 1 aliphatic heterocycles. The smallest absolute Gasteiger partial charge is 0.410 e. The Hall–Kier alpha value is -3.42. The lowest BCUT2D eigenvalue weighted by molar-refractivity contribution is 0.209. The fourth-order valence-corrected chi connectivity index (χ4v) is 4.11. The molecule has 1 aliphatic carbocycles. The van der Waals surface area contributed by atoms with Gasteiger partial charge in [-0.3, -0.25) is 10.3 Å². The molecule has 1 aromatic carbocycles. The fraction of sp³-hybridized carbons (Fsp3) is 0.250. The zero-order chi connectivity index (χ0) is 19.6. The number of carbonyl (C=O) groups is 1. The van der Waals surface area contributed by atoms with Crippen LogP contribution in [0.3, 0.4) is 0 Å². The van der Waals surface area contributed by atoms with E-state index in [4.69, 9.17) is 10.8 Å². The van der Waals surface area contributed by atoms with Crippen molar-refractivity contribution in [2.24, 2.45) is 5.92 Å². The second-order valence-electron chi connectivity index (χ2n) is 7.41. The van der Waals surface area contributed by atoms with Crippen molar-refractivity contribution in [1.29, 1.82) is 0 Å². The van der Waals surface area contributed by atoms with Crippen molar-refractivity contribution >= 4 is 34.1 Å². The first-order valence-electron chi connectivity index (χ1n) is 9.05. The Morgan fingerprint density at radius 2 is 2.14 bits per heavy atom. The van der Waals surface area contributed by atoms with Gasteiger partial charge < -0.3 is 16.2 Å². The molecule has 2 aliphatic rings. The molecule has 7 nitrogen and oxygen atoms in total. The van der Waals surface area contributed by atoms with Crippen LogP contribution in [0, 0.1) is 18.7 Å². The van der Waals surface area contributed by atoms with E-state index in [0.717, 1.165) is 29.9 Å². The number of hydrogen-bond donors (Lipinski definition) is 4. The van der Waals surface area contributed by atoms with Gasteiger partial charge in [-0.25, -0.2) is 14.2 Å². The molecule has 0 saturated heterocycles. The summed E-state index contributed by atoms with van der Waals surface area (Å²) in [6.07, 6.45) is 3.00. The number of carboxylic acid groups (broad SMARTS) is 1. The second-order valence-corrected chi connectivity index (χ2v) is 7.41. The van der Waals surface area contributed by atoms with Crippen LogP contribution in [0.15, 0.2) is 24.5 Å². The maximum Gasteiger partial charge on any atom is 0.410 e. The number of benzene rings is 1. The van der Waals surface area contributed by atoms with Gasteiger partial charge in [-0.15, -0.1) is 0 Å². The Morgan fingerprint density at radius 3 is 2.93 bits per heavy atom. The van der Waals surface area contributed by atoms with Crippen LogP contribution in [0.5, 0.6) is 0 Å². The molecule has 5 N–H and O–H groups in total. The number of fused-ring (bicyclic) bond motifs is 4. The minimum absolute atomic E-state index is 0.0192. The summed E-state index contributed by atoms with van der Waals surface area (Å²) in [6, 6.07) is 3.20. The highest BCUT2D eigenvalue weighted by atomic mass is 19.1. The Morgan fingerprint density at radius 1 is 1.32 bits per heavy atom. The molecule has 28 heavy (non-hydrogen) atoms. The van der Waals surface area contributed by atoms with E-state index in [9.17, 15) is 4.79 Å². The van der Waals surface area contributed by atoms with Crippen LogP contribution >= 0.6 is 0 Å². The molecule has 3 aromatic rings. The number of amides is 1. The van der Waals surface area contributed by atoms with Crippen molar-refractivity contribution < 1.29 is 14.3 Å². The topological polar surface area (TPSA) is 113 Å². The van der Waals surface area contributed by atoms with Crippen LogP contribution in [0.2, 0.25) is 0 Å².